The van der Waals surface area contributed by atoms with E-state index in [0.29, 0.717) is 17.1 Å². The molecule has 0 saturated heterocycles. The van der Waals surface area contributed by atoms with E-state index in [2.05, 4.69) is 10.6 Å². The van der Waals surface area contributed by atoms with Crippen LogP contribution in [0.2, 0.25) is 0 Å². The van der Waals surface area contributed by atoms with Gasteiger partial charge in [-0.25, -0.2) is 8.42 Å². The van der Waals surface area contributed by atoms with Gasteiger partial charge in [-0.1, -0.05) is 18.2 Å². The van der Waals surface area contributed by atoms with Crippen molar-refractivity contribution in [3.8, 4) is 5.75 Å². The monoisotopic (exact) mass is 497 g/mol. The third-order valence-corrected chi connectivity index (χ3v) is 6.91. The van der Waals surface area contributed by atoms with Crippen LogP contribution in [0.1, 0.15) is 15.9 Å². The molecule has 10 heteroatoms. The Balaban J connectivity index is 1.70. The van der Waals surface area contributed by atoms with Crippen LogP contribution >= 0.6 is 0 Å². The Morgan fingerprint density at radius 3 is 2.34 bits per heavy atom. The zero-order valence-electron chi connectivity index (χ0n) is 19.6. The molecule has 184 valence electrons. The second-order valence-corrected chi connectivity index (χ2v) is 9.53. The number of methoxy groups -OCH3 is 2. The molecular formula is C25H27N3O6S. The maximum Gasteiger partial charge on any atom is 0.264 e. The van der Waals surface area contributed by atoms with E-state index in [1.807, 2.05) is 0 Å². The molecule has 3 aromatic carbocycles. The van der Waals surface area contributed by atoms with Crippen LogP contribution in [0.4, 0.5) is 11.4 Å². The highest BCUT2D eigenvalue weighted by atomic mass is 32.2. The number of anilines is 2. The Bertz CT molecular complexity index is 1290. The fraction of sp³-hybridized carbons (Fsp3) is 0.200. The van der Waals surface area contributed by atoms with Crippen LogP contribution in [0.15, 0.2) is 77.7 Å². The molecule has 0 spiro atoms. The standard InChI is InChI=1S/C25H27N3O6S/c1-28(21-10-12-22(34-3)13-11-21)35(31,32)23-9-5-7-19(15-23)25(30)26-16-18-6-4-8-20(14-18)27-24(29)17-33-2/h4-15H,16-17H2,1-3H3,(H,26,30)(H,27,29). The van der Waals surface area contributed by atoms with Crippen molar-refractivity contribution in [2.45, 2.75) is 11.4 Å². The van der Waals surface area contributed by atoms with Crippen molar-refractivity contribution in [3.63, 3.8) is 0 Å². The first kappa shape index (κ1) is 25.7. The summed E-state index contributed by atoms with van der Waals surface area (Å²) in [6, 6.07) is 19.5. The van der Waals surface area contributed by atoms with Crippen LogP contribution in [0.3, 0.4) is 0 Å². The van der Waals surface area contributed by atoms with Gasteiger partial charge in [0, 0.05) is 32.0 Å². The molecule has 3 aromatic rings. The van der Waals surface area contributed by atoms with Crippen LogP contribution in [-0.4, -0.2) is 48.1 Å². The maximum atomic E-state index is 13.1. The van der Waals surface area contributed by atoms with Gasteiger partial charge in [0.2, 0.25) is 5.91 Å². The number of carbonyl (C=O) groups excluding carboxylic acids is 2. The summed E-state index contributed by atoms with van der Waals surface area (Å²) in [5, 5.41) is 5.48. The molecule has 2 N–H and O–H groups in total. The lowest BCUT2D eigenvalue weighted by Gasteiger charge is -2.20. The molecule has 0 fully saturated rings. The van der Waals surface area contributed by atoms with E-state index in [-0.39, 0.29) is 29.5 Å². The Hall–Kier alpha value is -3.89. The normalized spacial score (nSPS) is 10.9. The SMILES string of the molecule is COCC(=O)Nc1cccc(CNC(=O)c2cccc(S(=O)(=O)N(C)c3ccc(OC)cc3)c2)c1. The highest BCUT2D eigenvalue weighted by Gasteiger charge is 2.22. The number of sulfonamides is 1. The van der Waals surface area contributed by atoms with E-state index in [9.17, 15) is 18.0 Å². The van der Waals surface area contributed by atoms with Crippen LogP contribution in [0.5, 0.6) is 5.75 Å². The van der Waals surface area contributed by atoms with Gasteiger partial charge in [0.15, 0.2) is 0 Å². The zero-order chi connectivity index (χ0) is 25.4. The molecule has 0 heterocycles. The fourth-order valence-electron chi connectivity index (χ4n) is 3.26. The predicted octanol–water partition coefficient (Wildman–Crippen LogP) is 3.04. The average molecular weight is 498 g/mol. The lowest BCUT2D eigenvalue weighted by molar-refractivity contribution is -0.119. The Labute approximate surface area is 204 Å². The van der Waals surface area contributed by atoms with E-state index in [1.54, 1.807) is 54.6 Å². The van der Waals surface area contributed by atoms with Crippen molar-refractivity contribution in [1.29, 1.82) is 0 Å². The van der Waals surface area contributed by atoms with Crippen LogP contribution in [0, 0.1) is 0 Å². The topological polar surface area (TPSA) is 114 Å². The van der Waals surface area contributed by atoms with Crippen LogP contribution in [-0.2, 0) is 26.1 Å². The number of amides is 2. The number of carbonyl (C=O) groups is 2. The molecule has 0 aliphatic heterocycles. The third-order valence-electron chi connectivity index (χ3n) is 5.13. The molecule has 0 radical (unpaired) electrons. The van der Waals surface area contributed by atoms with E-state index in [0.717, 1.165) is 9.87 Å². The van der Waals surface area contributed by atoms with Gasteiger partial charge in [-0.05, 0) is 60.2 Å². The largest absolute Gasteiger partial charge is 0.497 e. The van der Waals surface area contributed by atoms with Crippen molar-refractivity contribution in [2.24, 2.45) is 0 Å². The van der Waals surface area contributed by atoms with Crippen molar-refractivity contribution in [3.05, 3.63) is 83.9 Å². The number of hydrogen-bond acceptors (Lipinski definition) is 6. The lowest BCUT2D eigenvalue weighted by atomic mass is 10.1. The van der Waals surface area contributed by atoms with Gasteiger partial charge in [-0.15, -0.1) is 0 Å². The van der Waals surface area contributed by atoms with E-state index < -0.39 is 15.9 Å². The number of benzene rings is 3. The molecule has 2 amide bonds. The quantitative estimate of drug-likeness (QED) is 0.445. The van der Waals surface area contributed by atoms with Gasteiger partial charge in [-0.3, -0.25) is 13.9 Å². The van der Waals surface area contributed by atoms with E-state index >= 15 is 0 Å². The summed E-state index contributed by atoms with van der Waals surface area (Å²) in [6.45, 7) is 0.128. The summed E-state index contributed by atoms with van der Waals surface area (Å²) in [6.07, 6.45) is 0. The molecule has 9 nitrogen and oxygen atoms in total. The number of rotatable bonds is 10. The minimum atomic E-state index is -3.89. The smallest absolute Gasteiger partial charge is 0.264 e. The first-order chi connectivity index (χ1) is 16.7. The van der Waals surface area contributed by atoms with Gasteiger partial charge in [0.1, 0.15) is 12.4 Å². The van der Waals surface area contributed by atoms with Crippen molar-refractivity contribution in [2.75, 3.05) is 37.5 Å². The minimum Gasteiger partial charge on any atom is -0.497 e. The van der Waals surface area contributed by atoms with Crippen molar-refractivity contribution >= 4 is 33.2 Å². The third kappa shape index (κ3) is 6.58. The highest BCUT2D eigenvalue weighted by molar-refractivity contribution is 7.92. The molecule has 0 aliphatic carbocycles. The fourth-order valence-corrected chi connectivity index (χ4v) is 4.50. The van der Waals surface area contributed by atoms with E-state index in [1.165, 1.54) is 39.5 Å². The summed E-state index contributed by atoms with van der Waals surface area (Å²) in [4.78, 5) is 24.4. The molecule has 0 saturated carbocycles. The Morgan fingerprint density at radius 1 is 0.943 bits per heavy atom. The lowest BCUT2D eigenvalue weighted by Crippen LogP contribution is -2.27. The Kier molecular flexibility index (Phi) is 8.45. The molecule has 0 aliphatic rings. The van der Waals surface area contributed by atoms with Crippen LogP contribution in [0.25, 0.3) is 0 Å². The molecule has 35 heavy (non-hydrogen) atoms. The maximum absolute atomic E-state index is 13.1. The van der Waals surface area contributed by atoms with Gasteiger partial charge >= 0.3 is 0 Å². The summed E-state index contributed by atoms with van der Waals surface area (Å²) in [5.41, 5.74) is 2.00. The number of ether oxygens (including phenoxy) is 2. The molecule has 0 unspecified atom stereocenters. The number of hydrogen-bond donors (Lipinski definition) is 2. The highest BCUT2D eigenvalue weighted by Crippen LogP contribution is 2.24. The summed E-state index contributed by atoms with van der Waals surface area (Å²) < 4.78 is 37.3. The van der Waals surface area contributed by atoms with Crippen molar-refractivity contribution < 1.29 is 27.5 Å². The van der Waals surface area contributed by atoms with Gasteiger partial charge in [0.25, 0.3) is 15.9 Å². The Morgan fingerprint density at radius 2 is 1.66 bits per heavy atom. The molecular weight excluding hydrogens is 470 g/mol. The van der Waals surface area contributed by atoms with Gasteiger partial charge in [0.05, 0.1) is 17.7 Å². The number of nitrogens with one attached hydrogen (secondary N) is 2. The predicted molar refractivity (Wildman–Crippen MR) is 133 cm³/mol. The second kappa shape index (κ2) is 11.5. The second-order valence-electron chi connectivity index (χ2n) is 7.56. The molecule has 0 bridgehead atoms. The summed E-state index contributed by atoms with van der Waals surface area (Å²) in [7, 11) is 0.517. The van der Waals surface area contributed by atoms with Gasteiger partial charge < -0.3 is 20.1 Å². The first-order valence-electron chi connectivity index (χ1n) is 10.6. The molecule has 0 aromatic heterocycles. The molecule has 0 atom stereocenters. The van der Waals surface area contributed by atoms with Crippen LogP contribution < -0.4 is 19.7 Å². The number of nitrogens with zero attached hydrogens (tertiary/aromatic N) is 1. The van der Waals surface area contributed by atoms with Gasteiger partial charge in [-0.2, -0.15) is 0 Å². The molecule has 3 rings (SSSR count). The summed E-state index contributed by atoms with van der Waals surface area (Å²) >= 11 is 0. The first-order valence-corrected chi connectivity index (χ1v) is 12.1. The average Bonchev–Trinajstić information content (AvgIpc) is 2.87. The van der Waals surface area contributed by atoms with Crippen molar-refractivity contribution in [1.82, 2.24) is 5.32 Å². The van der Waals surface area contributed by atoms with E-state index in [4.69, 9.17) is 9.47 Å². The zero-order valence-corrected chi connectivity index (χ0v) is 20.5. The summed E-state index contributed by atoms with van der Waals surface area (Å²) in [5.74, 6) is -0.101. The minimum absolute atomic E-state index is 0.00804.